The third-order valence-corrected chi connectivity index (χ3v) is 7.10. The van der Waals surface area contributed by atoms with E-state index in [1.54, 1.807) is 19.2 Å². The van der Waals surface area contributed by atoms with E-state index >= 15 is 0 Å². The lowest BCUT2D eigenvalue weighted by Crippen LogP contribution is -2.32. The average molecular weight is 402 g/mol. The topological polar surface area (TPSA) is 37.4 Å². The van der Waals surface area contributed by atoms with Crippen molar-refractivity contribution in [1.29, 1.82) is 0 Å². The molecule has 3 nitrogen and oxygen atoms in total. The first-order valence-corrected chi connectivity index (χ1v) is 11.0. The number of hydrogen-bond donors (Lipinski definition) is 0. The largest absolute Gasteiger partial charge is 0.243 e. The molecular formula is C25H23NO2S. The van der Waals surface area contributed by atoms with Crippen LogP contribution in [0.25, 0.3) is 10.8 Å². The van der Waals surface area contributed by atoms with Crippen molar-refractivity contribution in [2.24, 2.45) is 0 Å². The summed E-state index contributed by atoms with van der Waals surface area (Å²) in [5.74, 6) is 0. The lowest BCUT2D eigenvalue weighted by molar-refractivity contribution is 0.418. The molecule has 0 unspecified atom stereocenters. The van der Waals surface area contributed by atoms with E-state index in [0.29, 0.717) is 4.90 Å². The summed E-state index contributed by atoms with van der Waals surface area (Å²) in [7, 11) is -2.02. The minimum absolute atomic E-state index is 0.298. The summed E-state index contributed by atoms with van der Waals surface area (Å²) in [4.78, 5) is 0.298. The van der Waals surface area contributed by atoms with E-state index in [9.17, 15) is 8.42 Å². The molecule has 0 saturated carbocycles. The van der Waals surface area contributed by atoms with E-state index in [0.717, 1.165) is 27.5 Å². The van der Waals surface area contributed by atoms with Crippen LogP contribution in [0.5, 0.6) is 0 Å². The predicted octanol–water partition coefficient (Wildman–Crippen LogP) is 5.56. The SMILES string of the molecule is Cc1ccc(S(=O)(=O)N(C)[C@H](c2ccccc2)c2ccc3ccccc3c2)cc1. The molecule has 0 bridgehead atoms. The van der Waals surface area contributed by atoms with Gasteiger partial charge in [-0.3, -0.25) is 0 Å². The highest BCUT2D eigenvalue weighted by Crippen LogP contribution is 2.33. The lowest BCUT2D eigenvalue weighted by atomic mass is 9.96. The Morgan fingerprint density at radius 1 is 0.690 bits per heavy atom. The van der Waals surface area contributed by atoms with E-state index in [4.69, 9.17) is 0 Å². The van der Waals surface area contributed by atoms with Gasteiger partial charge in [0.05, 0.1) is 10.9 Å². The first-order valence-electron chi connectivity index (χ1n) is 9.55. The molecule has 0 fully saturated rings. The maximum atomic E-state index is 13.4. The van der Waals surface area contributed by atoms with Crippen LogP contribution in [0.15, 0.2) is 102 Å². The molecule has 0 amide bonds. The minimum atomic E-state index is -3.67. The Balaban J connectivity index is 1.85. The molecule has 4 heteroatoms. The van der Waals surface area contributed by atoms with Gasteiger partial charge in [0, 0.05) is 7.05 Å². The van der Waals surface area contributed by atoms with Gasteiger partial charge in [-0.15, -0.1) is 0 Å². The maximum absolute atomic E-state index is 13.4. The molecule has 4 aromatic rings. The van der Waals surface area contributed by atoms with Gasteiger partial charge in [-0.05, 0) is 47.0 Å². The second-order valence-corrected chi connectivity index (χ2v) is 9.25. The fourth-order valence-electron chi connectivity index (χ4n) is 3.64. The third kappa shape index (κ3) is 3.82. The monoisotopic (exact) mass is 401 g/mol. The van der Waals surface area contributed by atoms with Crippen molar-refractivity contribution >= 4 is 20.8 Å². The van der Waals surface area contributed by atoms with Crippen molar-refractivity contribution in [2.45, 2.75) is 17.9 Å². The summed E-state index contributed by atoms with van der Waals surface area (Å²) < 4.78 is 28.3. The zero-order chi connectivity index (χ0) is 20.4. The van der Waals surface area contributed by atoms with Crippen molar-refractivity contribution in [3.63, 3.8) is 0 Å². The molecule has 4 aromatic carbocycles. The van der Waals surface area contributed by atoms with Crippen LogP contribution in [0.1, 0.15) is 22.7 Å². The van der Waals surface area contributed by atoms with E-state index in [2.05, 4.69) is 18.2 Å². The van der Waals surface area contributed by atoms with Gasteiger partial charge in [-0.25, -0.2) is 8.42 Å². The van der Waals surface area contributed by atoms with Gasteiger partial charge in [0.25, 0.3) is 0 Å². The number of benzene rings is 4. The maximum Gasteiger partial charge on any atom is 0.243 e. The summed E-state index contributed by atoms with van der Waals surface area (Å²) in [6.07, 6.45) is 0. The van der Waals surface area contributed by atoms with Crippen molar-refractivity contribution in [2.75, 3.05) is 7.05 Å². The van der Waals surface area contributed by atoms with Crippen LogP contribution in [0.4, 0.5) is 0 Å². The molecule has 29 heavy (non-hydrogen) atoms. The van der Waals surface area contributed by atoms with Gasteiger partial charge in [0.1, 0.15) is 0 Å². The highest BCUT2D eigenvalue weighted by molar-refractivity contribution is 7.89. The van der Waals surface area contributed by atoms with Crippen molar-refractivity contribution in [3.05, 3.63) is 114 Å². The number of aryl methyl sites for hydroxylation is 1. The van der Waals surface area contributed by atoms with E-state index in [1.807, 2.05) is 73.7 Å². The molecular weight excluding hydrogens is 378 g/mol. The van der Waals surface area contributed by atoms with Gasteiger partial charge in [-0.1, -0.05) is 84.4 Å². The summed E-state index contributed by atoms with van der Waals surface area (Å²) in [6.45, 7) is 1.95. The summed E-state index contributed by atoms with van der Waals surface area (Å²) in [5.41, 5.74) is 2.90. The zero-order valence-corrected chi connectivity index (χ0v) is 17.3. The summed E-state index contributed by atoms with van der Waals surface area (Å²) in [6, 6.07) is 30.6. The number of fused-ring (bicyclic) bond motifs is 1. The van der Waals surface area contributed by atoms with Crippen LogP contribution in [0.3, 0.4) is 0 Å². The second-order valence-electron chi connectivity index (χ2n) is 7.25. The highest BCUT2D eigenvalue weighted by atomic mass is 32.2. The van der Waals surface area contributed by atoms with Gasteiger partial charge in [-0.2, -0.15) is 4.31 Å². The van der Waals surface area contributed by atoms with Crippen LogP contribution >= 0.6 is 0 Å². The van der Waals surface area contributed by atoms with Gasteiger partial charge < -0.3 is 0 Å². The predicted molar refractivity (Wildman–Crippen MR) is 118 cm³/mol. The third-order valence-electron chi connectivity index (χ3n) is 5.27. The average Bonchev–Trinajstić information content (AvgIpc) is 2.75. The standard InChI is InChI=1S/C25H23NO2S/c1-19-12-16-24(17-13-19)29(27,28)26(2)25(21-9-4-3-5-10-21)23-15-14-20-8-6-7-11-22(20)18-23/h3-18,25H,1-2H3/t25-/m1/s1. The van der Waals surface area contributed by atoms with Crippen LogP contribution < -0.4 is 0 Å². The Morgan fingerprint density at radius 2 is 1.31 bits per heavy atom. The van der Waals surface area contributed by atoms with E-state index in [-0.39, 0.29) is 0 Å². The van der Waals surface area contributed by atoms with Crippen LogP contribution in [0, 0.1) is 6.92 Å². The Hall–Kier alpha value is -2.95. The molecule has 0 aliphatic rings. The Morgan fingerprint density at radius 3 is 2.00 bits per heavy atom. The number of nitrogens with zero attached hydrogens (tertiary/aromatic N) is 1. The molecule has 0 aromatic heterocycles. The minimum Gasteiger partial charge on any atom is -0.207 e. The van der Waals surface area contributed by atoms with Crippen LogP contribution in [-0.2, 0) is 10.0 Å². The highest BCUT2D eigenvalue weighted by Gasteiger charge is 2.30. The number of rotatable bonds is 5. The molecule has 0 spiro atoms. The van der Waals surface area contributed by atoms with Crippen molar-refractivity contribution in [3.8, 4) is 0 Å². The zero-order valence-electron chi connectivity index (χ0n) is 16.5. The van der Waals surface area contributed by atoms with Gasteiger partial charge >= 0.3 is 0 Å². The molecule has 0 radical (unpaired) electrons. The summed E-state index contributed by atoms with van der Waals surface area (Å²) >= 11 is 0. The Bertz CT molecular complexity index is 1230. The molecule has 0 saturated heterocycles. The second kappa shape index (κ2) is 7.82. The molecule has 0 aliphatic carbocycles. The fraction of sp³-hybridized carbons (Fsp3) is 0.120. The first kappa shape index (κ1) is 19.4. The quantitative estimate of drug-likeness (QED) is 0.439. The molecule has 0 aliphatic heterocycles. The van der Waals surface area contributed by atoms with Gasteiger partial charge in [0.2, 0.25) is 10.0 Å². The van der Waals surface area contributed by atoms with Crippen molar-refractivity contribution < 1.29 is 8.42 Å². The number of sulfonamides is 1. The van der Waals surface area contributed by atoms with Crippen molar-refractivity contribution in [1.82, 2.24) is 4.31 Å². The normalized spacial score (nSPS) is 12.9. The molecule has 0 N–H and O–H groups in total. The first-order chi connectivity index (χ1) is 14.0. The Kier molecular flexibility index (Phi) is 5.22. The Labute approximate surface area is 172 Å². The molecule has 146 valence electrons. The smallest absolute Gasteiger partial charge is 0.207 e. The van der Waals surface area contributed by atoms with Gasteiger partial charge in [0.15, 0.2) is 0 Å². The van der Waals surface area contributed by atoms with E-state index < -0.39 is 16.1 Å². The van der Waals surface area contributed by atoms with E-state index in [1.165, 1.54) is 4.31 Å². The number of hydrogen-bond acceptors (Lipinski definition) is 2. The molecule has 4 rings (SSSR count). The molecule has 1 atom stereocenters. The lowest BCUT2D eigenvalue weighted by Gasteiger charge is -2.29. The van der Waals surface area contributed by atoms with Crippen LogP contribution in [0.2, 0.25) is 0 Å². The molecule has 0 heterocycles. The fourth-order valence-corrected chi connectivity index (χ4v) is 4.97. The van der Waals surface area contributed by atoms with Crippen LogP contribution in [-0.4, -0.2) is 19.8 Å². The summed E-state index contributed by atoms with van der Waals surface area (Å²) in [5, 5.41) is 2.22.